The molecule has 0 N–H and O–H groups in total. The van der Waals surface area contributed by atoms with Gasteiger partial charge in [-0.15, -0.1) is 0 Å². The molecule has 0 atom stereocenters. The molecule has 0 fully saturated rings. The van der Waals surface area contributed by atoms with E-state index in [1.54, 1.807) is 0 Å². The van der Waals surface area contributed by atoms with E-state index in [0.717, 1.165) is 24.9 Å². The number of aldehydes is 1. The summed E-state index contributed by atoms with van der Waals surface area (Å²) in [4.78, 5) is 9.93. The molecule has 0 aromatic rings. The number of rotatable bonds is 8. The molecule has 0 aromatic heterocycles. The highest BCUT2D eigenvalue weighted by Crippen LogP contribution is 2.07. The Hall–Kier alpha value is 0.0200. The summed E-state index contributed by atoms with van der Waals surface area (Å²) in [5, 5.41) is 0. The van der Waals surface area contributed by atoms with Gasteiger partial charge < -0.3 is 4.79 Å². The predicted molar refractivity (Wildman–Crippen MR) is 52.1 cm³/mol. The van der Waals surface area contributed by atoms with Gasteiger partial charge in [0.1, 0.15) is 6.29 Å². The van der Waals surface area contributed by atoms with Crippen LogP contribution in [0.15, 0.2) is 0 Å². The van der Waals surface area contributed by atoms with Crippen molar-refractivity contribution in [2.24, 2.45) is 0 Å². The maximum atomic E-state index is 9.93. The highest BCUT2D eigenvalue weighted by molar-refractivity contribution is 7.99. The van der Waals surface area contributed by atoms with Gasteiger partial charge in [0.2, 0.25) is 0 Å². The molecule has 0 unspecified atom stereocenters. The molecule has 0 aromatic carbocycles. The van der Waals surface area contributed by atoms with Crippen LogP contribution in [0.4, 0.5) is 0 Å². The normalized spacial score (nSPS) is 9.91. The number of thioether (sulfide) groups is 1. The van der Waals surface area contributed by atoms with Gasteiger partial charge in [-0.2, -0.15) is 11.8 Å². The quantitative estimate of drug-likeness (QED) is 0.416. The van der Waals surface area contributed by atoms with Gasteiger partial charge in [0.05, 0.1) is 0 Å². The molecule has 66 valence electrons. The van der Waals surface area contributed by atoms with E-state index in [1.807, 2.05) is 11.8 Å². The smallest absolute Gasteiger partial charge is 0.120 e. The van der Waals surface area contributed by atoms with Gasteiger partial charge in [-0.05, 0) is 24.3 Å². The lowest BCUT2D eigenvalue weighted by atomic mass is 10.3. The first-order valence-electron chi connectivity index (χ1n) is 4.43. The van der Waals surface area contributed by atoms with Crippen molar-refractivity contribution in [3.05, 3.63) is 0 Å². The standard InChI is InChI=1S/C9H18OS/c1-2-3-5-8-11-9-6-4-7-10/h7H,2-6,8-9H2,1H3. The lowest BCUT2D eigenvalue weighted by Gasteiger charge is -1.97. The first kappa shape index (κ1) is 11.0. The Kier molecular flexibility index (Phi) is 10.0. The molecule has 0 aliphatic heterocycles. The Morgan fingerprint density at radius 2 is 1.91 bits per heavy atom. The molecule has 0 aliphatic rings. The molecule has 0 saturated heterocycles. The van der Waals surface area contributed by atoms with Gasteiger partial charge in [-0.1, -0.05) is 19.8 Å². The van der Waals surface area contributed by atoms with Crippen LogP contribution < -0.4 is 0 Å². The number of hydrogen-bond acceptors (Lipinski definition) is 2. The van der Waals surface area contributed by atoms with Gasteiger partial charge in [0, 0.05) is 6.42 Å². The molecule has 11 heavy (non-hydrogen) atoms. The third-order valence-electron chi connectivity index (χ3n) is 1.50. The lowest BCUT2D eigenvalue weighted by Crippen LogP contribution is -1.84. The first-order valence-corrected chi connectivity index (χ1v) is 5.58. The topological polar surface area (TPSA) is 17.1 Å². The van der Waals surface area contributed by atoms with Crippen LogP contribution in [0.1, 0.15) is 39.0 Å². The largest absolute Gasteiger partial charge is 0.303 e. The second kappa shape index (κ2) is 10.0. The van der Waals surface area contributed by atoms with E-state index >= 15 is 0 Å². The molecule has 0 saturated carbocycles. The van der Waals surface area contributed by atoms with Crippen LogP contribution in [0, 0.1) is 0 Å². The maximum absolute atomic E-state index is 9.93. The molecule has 1 nitrogen and oxygen atoms in total. The second-order valence-electron chi connectivity index (χ2n) is 2.63. The SMILES string of the molecule is CCCCCSCCCC=O. The molecule has 0 rings (SSSR count). The third-order valence-corrected chi connectivity index (χ3v) is 2.66. The number of unbranched alkanes of at least 4 members (excludes halogenated alkanes) is 3. The minimum Gasteiger partial charge on any atom is -0.303 e. The van der Waals surface area contributed by atoms with Gasteiger partial charge in [-0.25, -0.2) is 0 Å². The van der Waals surface area contributed by atoms with Crippen LogP contribution in [-0.2, 0) is 4.79 Å². The van der Waals surface area contributed by atoms with Crippen molar-refractivity contribution >= 4 is 18.0 Å². The van der Waals surface area contributed by atoms with Crippen LogP contribution in [0.5, 0.6) is 0 Å². The number of carbonyl (C=O) groups is 1. The van der Waals surface area contributed by atoms with Crippen LogP contribution in [0.3, 0.4) is 0 Å². The van der Waals surface area contributed by atoms with Crippen LogP contribution >= 0.6 is 11.8 Å². The summed E-state index contributed by atoms with van der Waals surface area (Å²) in [6, 6.07) is 0. The molecule has 0 aliphatic carbocycles. The summed E-state index contributed by atoms with van der Waals surface area (Å²) in [7, 11) is 0. The van der Waals surface area contributed by atoms with Crippen molar-refractivity contribution < 1.29 is 4.79 Å². The van der Waals surface area contributed by atoms with Crippen molar-refractivity contribution in [3.8, 4) is 0 Å². The minimum atomic E-state index is 0.737. The minimum absolute atomic E-state index is 0.737. The summed E-state index contributed by atoms with van der Waals surface area (Å²) in [6.45, 7) is 2.22. The van der Waals surface area contributed by atoms with Crippen LogP contribution in [-0.4, -0.2) is 17.8 Å². The van der Waals surface area contributed by atoms with Crippen molar-refractivity contribution in [2.75, 3.05) is 11.5 Å². The highest BCUT2D eigenvalue weighted by atomic mass is 32.2. The summed E-state index contributed by atoms with van der Waals surface area (Å²) >= 11 is 1.97. The molecular formula is C9H18OS. The van der Waals surface area contributed by atoms with Gasteiger partial charge in [0.25, 0.3) is 0 Å². The van der Waals surface area contributed by atoms with Crippen molar-refractivity contribution in [1.29, 1.82) is 0 Å². The zero-order valence-electron chi connectivity index (χ0n) is 7.34. The number of carbonyl (C=O) groups excluding carboxylic acids is 1. The van der Waals surface area contributed by atoms with Gasteiger partial charge in [0.15, 0.2) is 0 Å². The van der Waals surface area contributed by atoms with Crippen LogP contribution in [0.25, 0.3) is 0 Å². The van der Waals surface area contributed by atoms with Crippen molar-refractivity contribution in [1.82, 2.24) is 0 Å². The summed E-state index contributed by atoms with van der Waals surface area (Å²) in [5.74, 6) is 2.43. The summed E-state index contributed by atoms with van der Waals surface area (Å²) in [6.07, 6.45) is 6.78. The molecule has 0 radical (unpaired) electrons. The number of hydrogen-bond donors (Lipinski definition) is 0. The van der Waals surface area contributed by atoms with Crippen molar-refractivity contribution in [3.63, 3.8) is 0 Å². The summed E-state index contributed by atoms with van der Waals surface area (Å²) in [5.41, 5.74) is 0. The second-order valence-corrected chi connectivity index (χ2v) is 3.85. The molecule has 0 spiro atoms. The van der Waals surface area contributed by atoms with E-state index in [1.165, 1.54) is 25.0 Å². The average Bonchev–Trinajstić information content (AvgIpc) is 2.03. The van der Waals surface area contributed by atoms with E-state index in [2.05, 4.69) is 6.92 Å². The third kappa shape index (κ3) is 10.0. The Labute approximate surface area is 73.9 Å². The maximum Gasteiger partial charge on any atom is 0.120 e. The van der Waals surface area contributed by atoms with E-state index in [4.69, 9.17) is 0 Å². The fourth-order valence-corrected chi connectivity index (χ4v) is 1.81. The van der Waals surface area contributed by atoms with E-state index < -0.39 is 0 Å². The fraction of sp³-hybridized carbons (Fsp3) is 0.889. The van der Waals surface area contributed by atoms with Crippen LogP contribution in [0.2, 0.25) is 0 Å². The van der Waals surface area contributed by atoms with E-state index in [-0.39, 0.29) is 0 Å². The summed E-state index contributed by atoms with van der Waals surface area (Å²) < 4.78 is 0. The zero-order valence-corrected chi connectivity index (χ0v) is 8.16. The van der Waals surface area contributed by atoms with E-state index in [9.17, 15) is 4.79 Å². The molecule has 0 bridgehead atoms. The predicted octanol–water partition coefficient (Wildman–Crippen LogP) is 2.89. The molecule has 0 heterocycles. The fourth-order valence-electron chi connectivity index (χ4n) is 0.825. The highest BCUT2D eigenvalue weighted by Gasteiger charge is 1.89. The Balaban J connectivity index is 2.74. The lowest BCUT2D eigenvalue weighted by molar-refractivity contribution is -0.107. The van der Waals surface area contributed by atoms with E-state index in [0.29, 0.717) is 0 Å². The van der Waals surface area contributed by atoms with Gasteiger partial charge >= 0.3 is 0 Å². The van der Waals surface area contributed by atoms with Crippen molar-refractivity contribution in [2.45, 2.75) is 39.0 Å². The average molecular weight is 174 g/mol. The zero-order chi connectivity index (χ0) is 8.36. The molecular weight excluding hydrogens is 156 g/mol. The molecule has 2 heteroatoms. The Morgan fingerprint density at radius 3 is 2.55 bits per heavy atom. The molecule has 0 amide bonds. The Bertz CT molecular complexity index is 83.6. The van der Waals surface area contributed by atoms with Gasteiger partial charge in [-0.3, -0.25) is 0 Å². The first-order chi connectivity index (χ1) is 5.41. The monoisotopic (exact) mass is 174 g/mol. The Morgan fingerprint density at radius 1 is 1.18 bits per heavy atom.